The van der Waals surface area contributed by atoms with Crippen LogP contribution in [0.3, 0.4) is 0 Å². The van der Waals surface area contributed by atoms with Gasteiger partial charge < -0.3 is 5.73 Å². The minimum Gasteiger partial charge on any atom is -0.366 e. The van der Waals surface area contributed by atoms with Gasteiger partial charge in [0.1, 0.15) is 0 Å². The molecule has 0 radical (unpaired) electrons. The van der Waals surface area contributed by atoms with Crippen molar-refractivity contribution in [1.82, 2.24) is 0 Å². The zero-order valence-electron chi connectivity index (χ0n) is 7.82. The fraction of sp³-hybridized carbons (Fsp3) is 0.0909. The first kappa shape index (κ1) is 10.0. The summed E-state index contributed by atoms with van der Waals surface area (Å²) in [6, 6.07) is 7.39. The molecular weight excluding hydrogens is 176 g/mol. The fourth-order valence-corrected chi connectivity index (χ4v) is 1.09. The van der Waals surface area contributed by atoms with Crippen LogP contribution in [0.1, 0.15) is 16.7 Å². The topological polar surface area (TPSA) is 66.9 Å². The van der Waals surface area contributed by atoms with Crippen molar-refractivity contribution in [1.29, 1.82) is 5.26 Å². The lowest BCUT2D eigenvalue weighted by molar-refractivity contribution is -0.113. The van der Waals surface area contributed by atoms with E-state index in [1.54, 1.807) is 18.2 Å². The number of carbonyl (C=O) groups excluding carboxylic acids is 1. The second-order valence-electron chi connectivity index (χ2n) is 2.92. The number of rotatable bonds is 2. The highest BCUT2D eigenvalue weighted by Gasteiger charge is 1.96. The fourth-order valence-electron chi connectivity index (χ4n) is 1.09. The molecule has 2 N–H and O–H groups in total. The molecule has 1 aromatic carbocycles. The highest BCUT2D eigenvalue weighted by molar-refractivity contribution is 5.90. The summed E-state index contributed by atoms with van der Waals surface area (Å²) in [7, 11) is 0. The number of nitriles is 1. The largest absolute Gasteiger partial charge is 0.366 e. The number of primary amides is 1. The average molecular weight is 186 g/mol. The SMILES string of the molecule is Cc1cc(C=CC(N)=O)ccc1C#N. The van der Waals surface area contributed by atoms with Crippen molar-refractivity contribution < 1.29 is 4.79 Å². The quantitative estimate of drug-likeness (QED) is 0.708. The van der Waals surface area contributed by atoms with Gasteiger partial charge in [-0.1, -0.05) is 12.1 Å². The summed E-state index contributed by atoms with van der Waals surface area (Å²) in [6.45, 7) is 1.85. The highest BCUT2D eigenvalue weighted by atomic mass is 16.1. The summed E-state index contributed by atoms with van der Waals surface area (Å²) in [5, 5.41) is 8.69. The lowest BCUT2D eigenvalue weighted by Gasteiger charge is -1.98. The highest BCUT2D eigenvalue weighted by Crippen LogP contribution is 2.11. The number of amides is 1. The van der Waals surface area contributed by atoms with E-state index in [4.69, 9.17) is 11.0 Å². The van der Waals surface area contributed by atoms with E-state index >= 15 is 0 Å². The van der Waals surface area contributed by atoms with Crippen LogP contribution < -0.4 is 5.73 Å². The molecule has 0 unspecified atom stereocenters. The molecule has 70 valence electrons. The molecule has 0 bridgehead atoms. The monoisotopic (exact) mass is 186 g/mol. The van der Waals surface area contributed by atoms with Crippen LogP contribution in [0.4, 0.5) is 0 Å². The van der Waals surface area contributed by atoms with Crippen LogP contribution in [0.15, 0.2) is 24.3 Å². The van der Waals surface area contributed by atoms with E-state index in [0.717, 1.165) is 11.1 Å². The number of benzene rings is 1. The van der Waals surface area contributed by atoms with E-state index in [1.165, 1.54) is 6.08 Å². The zero-order chi connectivity index (χ0) is 10.6. The molecule has 14 heavy (non-hydrogen) atoms. The van der Waals surface area contributed by atoms with Crippen molar-refractivity contribution in [2.75, 3.05) is 0 Å². The molecule has 0 atom stereocenters. The second-order valence-corrected chi connectivity index (χ2v) is 2.92. The Bertz CT molecular complexity index is 427. The number of hydrogen-bond donors (Lipinski definition) is 1. The predicted molar refractivity (Wildman–Crippen MR) is 54.1 cm³/mol. The maximum atomic E-state index is 10.5. The molecule has 0 aliphatic rings. The summed E-state index contributed by atoms with van der Waals surface area (Å²) in [4.78, 5) is 10.5. The summed E-state index contributed by atoms with van der Waals surface area (Å²) < 4.78 is 0. The van der Waals surface area contributed by atoms with Crippen LogP contribution in [0, 0.1) is 18.3 Å². The Morgan fingerprint density at radius 2 is 2.29 bits per heavy atom. The minimum atomic E-state index is -0.480. The Labute approximate surface area is 82.5 Å². The van der Waals surface area contributed by atoms with Crippen molar-refractivity contribution in [3.8, 4) is 6.07 Å². The van der Waals surface area contributed by atoms with E-state index in [-0.39, 0.29) is 0 Å². The standard InChI is InChI=1S/C11H10N2O/c1-8-6-9(3-5-11(13)14)2-4-10(8)7-12/h2-6H,1H3,(H2,13,14). The third-order valence-electron chi connectivity index (χ3n) is 1.81. The van der Waals surface area contributed by atoms with Crippen LogP contribution in [-0.4, -0.2) is 5.91 Å². The molecule has 0 saturated heterocycles. The Hall–Kier alpha value is -2.08. The van der Waals surface area contributed by atoms with Gasteiger partial charge in [0.25, 0.3) is 0 Å². The maximum Gasteiger partial charge on any atom is 0.241 e. The predicted octanol–water partition coefficient (Wildman–Crippen LogP) is 1.37. The van der Waals surface area contributed by atoms with Crippen molar-refractivity contribution in [2.24, 2.45) is 5.73 Å². The number of aryl methyl sites for hydroxylation is 1. The summed E-state index contributed by atoms with van der Waals surface area (Å²) >= 11 is 0. The number of nitrogens with two attached hydrogens (primary N) is 1. The second kappa shape index (κ2) is 4.24. The van der Waals surface area contributed by atoms with Gasteiger partial charge in [0.2, 0.25) is 5.91 Å². The van der Waals surface area contributed by atoms with Crippen LogP contribution in [0.5, 0.6) is 0 Å². The maximum absolute atomic E-state index is 10.5. The van der Waals surface area contributed by atoms with E-state index in [2.05, 4.69) is 6.07 Å². The molecule has 0 fully saturated rings. The van der Waals surface area contributed by atoms with Gasteiger partial charge in [-0.15, -0.1) is 0 Å². The minimum absolute atomic E-state index is 0.480. The van der Waals surface area contributed by atoms with Crippen molar-refractivity contribution in [2.45, 2.75) is 6.92 Å². The van der Waals surface area contributed by atoms with Crippen LogP contribution >= 0.6 is 0 Å². The molecule has 3 nitrogen and oxygen atoms in total. The molecule has 0 aliphatic carbocycles. The molecule has 0 aliphatic heterocycles. The van der Waals surface area contributed by atoms with Gasteiger partial charge in [0, 0.05) is 6.08 Å². The van der Waals surface area contributed by atoms with Gasteiger partial charge in [-0.2, -0.15) is 5.26 Å². The number of nitrogens with zero attached hydrogens (tertiary/aromatic N) is 1. The van der Waals surface area contributed by atoms with Gasteiger partial charge >= 0.3 is 0 Å². The Balaban J connectivity index is 2.99. The van der Waals surface area contributed by atoms with Crippen LogP contribution in [0.25, 0.3) is 6.08 Å². The molecule has 0 aromatic heterocycles. The molecular formula is C11H10N2O. The summed E-state index contributed by atoms with van der Waals surface area (Å²) in [5.74, 6) is -0.480. The number of carbonyl (C=O) groups is 1. The molecule has 0 saturated carbocycles. The molecule has 0 spiro atoms. The number of hydrogen-bond acceptors (Lipinski definition) is 2. The van der Waals surface area contributed by atoms with E-state index < -0.39 is 5.91 Å². The van der Waals surface area contributed by atoms with Crippen molar-refractivity contribution in [3.05, 3.63) is 41.0 Å². The van der Waals surface area contributed by atoms with E-state index in [0.29, 0.717) is 5.56 Å². The van der Waals surface area contributed by atoms with Gasteiger partial charge in [-0.3, -0.25) is 4.79 Å². The first-order valence-corrected chi connectivity index (χ1v) is 4.12. The third kappa shape index (κ3) is 2.46. The average Bonchev–Trinajstić information content (AvgIpc) is 2.15. The van der Waals surface area contributed by atoms with Gasteiger partial charge in [-0.25, -0.2) is 0 Å². The first-order valence-electron chi connectivity index (χ1n) is 4.12. The zero-order valence-corrected chi connectivity index (χ0v) is 7.82. The van der Waals surface area contributed by atoms with Gasteiger partial charge in [0.05, 0.1) is 11.6 Å². The van der Waals surface area contributed by atoms with E-state index in [9.17, 15) is 4.79 Å². The van der Waals surface area contributed by atoms with Gasteiger partial charge in [-0.05, 0) is 30.2 Å². The molecule has 1 aromatic rings. The Morgan fingerprint density at radius 1 is 1.57 bits per heavy atom. The van der Waals surface area contributed by atoms with Gasteiger partial charge in [0.15, 0.2) is 0 Å². The van der Waals surface area contributed by atoms with Crippen molar-refractivity contribution in [3.63, 3.8) is 0 Å². The smallest absolute Gasteiger partial charge is 0.241 e. The molecule has 1 amide bonds. The van der Waals surface area contributed by atoms with Crippen molar-refractivity contribution >= 4 is 12.0 Å². The summed E-state index contributed by atoms with van der Waals surface area (Å²) in [5.41, 5.74) is 7.35. The lowest BCUT2D eigenvalue weighted by Crippen LogP contribution is -2.05. The normalized spacial score (nSPS) is 10.0. The van der Waals surface area contributed by atoms with Crippen LogP contribution in [-0.2, 0) is 4.79 Å². The Kier molecular flexibility index (Phi) is 3.03. The molecule has 0 heterocycles. The Morgan fingerprint density at radius 3 is 2.79 bits per heavy atom. The first-order chi connectivity index (χ1) is 6.63. The molecule has 1 rings (SSSR count). The molecule has 3 heteroatoms. The lowest BCUT2D eigenvalue weighted by atomic mass is 10.1. The van der Waals surface area contributed by atoms with E-state index in [1.807, 2.05) is 13.0 Å². The summed E-state index contributed by atoms with van der Waals surface area (Å²) in [6.07, 6.45) is 2.91. The third-order valence-corrected chi connectivity index (χ3v) is 1.81. The van der Waals surface area contributed by atoms with Crippen LogP contribution in [0.2, 0.25) is 0 Å².